The van der Waals surface area contributed by atoms with Crippen molar-refractivity contribution in [2.75, 3.05) is 0 Å². The number of rotatable bonds is 0. The molecule has 0 N–H and O–H groups in total. The third-order valence-corrected chi connectivity index (χ3v) is 2.40. The van der Waals surface area contributed by atoms with Gasteiger partial charge < -0.3 is 0 Å². The fraction of sp³-hybridized carbons (Fsp3) is 0.700. The fourth-order valence-electron chi connectivity index (χ4n) is 1.58. The van der Waals surface area contributed by atoms with Crippen LogP contribution in [0.2, 0.25) is 0 Å². The van der Waals surface area contributed by atoms with Gasteiger partial charge >= 0.3 is 0 Å². The molecule has 0 aromatic carbocycles. The normalized spacial score (nSPS) is 27.5. The minimum atomic E-state index is 0.343. The summed E-state index contributed by atoms with van der Waals surface area (Å²) >= 11 is 0. The number of Topliss-reactive ketones (excluding diaryl/α,β-unsaturated/α-hetero) is 1. The zero-order valence-corrected chi connectivity index (χ0v) is 7.61. The highest BCUT2D eigenvalue weighted by atomic mass is 16.1. The monoisotopic (exact) mass is 152 g/mol. The van der Waals surface area contributed by atoms with Gasteiger partial charge in [-0.05, 0) is 30.8 Å². The molecular weight excluding hydrogens is 136 g/mol. The lowest BCUT2D eigenvalue weighted by molar-refractivity contribution is -0.117. The lowest BCUT2D eigenvalue weighted by Crippen LogP contribution is -2.23. The average Bonchev–Trinajstić information content (AvgIpc) is 1.94. The molecule has 0 amide bonds. The van der Waals surface area contributed by atoms with Gasteiger partial charge in [-0.3, -0.25) is 4.79 Å². The van der Waals surface area contributed by atoms with E-state index in [1.54, 1.807) is 0 Å². The Morgan fingerprint density at radius 1 is 1.45 bits per heavy atom. The summed E-state index contributed by atoms with van der Waals surface area (Å²) in [4.78, 5) is 11.2. The SMILES string of the molecule is CC=C1CC(C)(C)CCC1=O. The van der Waals surface area contributed by atoms with Crippen LogP contribution in [0.3, 0.4) is 0 Å². The van der Waals surface area contributed by atoms with Crippen LogP contribution in [0.5, 0.6) is 0 Å². The Morgan fingerprint density at radius 3 is 2.55 bits per heavy atom. The molecule has 0 aliphatic heterocycles. The average molecular weight is 152 g/mol. The van der Waals surface area contributed by atoms with Crippen molar-refractivity contribution in [1.29, 1.82) is 0 Å². The van der Waals surface area contributed by atoms with Crippen LogP contribution in [0.15, 0.2) is 11.6 Å². The molecule has 1 aliphatic rings. The Hall–Kier alpha value is -0.590. The minimum Gasteiger partial charge on any atom is -0.295 e. The van der Waals surface area contributed by atoms with Crippen molar-refractivity contribution < 1.29 is 4.79 Å². The molecule has 0 atom stereocenters. The molecule has 62 valence electrons. The van der Waals surface area contributed by atoms with Gasteiger partial charge in [0.15, 0.2) is 5.78 Å². The van der Waals surface area contributed by atoms with Crippen LogP contribution in [0, 0.1) is 5.41 Å². The number of carbonyl (C=O) groups is 1. The summed E-state index contributed by atoms with van der Waals surface area (Å²) in [6.07, 6.45) is 4.71. The molecule has 1 rings (SSSR count). The zero-order valence-electron chi connectivity index (χ0n) is 7.61. The maximum Gasteiger partial charge on any atom is 0.158 e. The molecule has 1 aliphatic carbocycles. The first-order valence-electron chi connectivity index (χ1n) is 4.23. The van der Waals surface area contributed by atoms with Crippen LogP contribution in [-0.2, 0) is 4.79 Å². The molecule has 11 heavy (non-hydrogen) atoms. The van der Waals surface area contributed by atoms with E-state index in [9.17, 15) is 4.79 Å². The van der Waals surface area contributed by atoms with Crippen LogP contribution in [0.25, 0.3) is 0 Å². The number of ketones is 1. The second-order valence-electron chi connectivity index (χ2n) is 4.08. The fourth-order valence-corrected chi connectivity index (χ4v) is 1.58. The van der Waals surface area contributed by atoms with Crippen molar-refractivity contribution in [3.05, 3.63) is 11.6 Å². The van der Waals surface area contributed by atoms with Crippen LogP contribution >= 0.6 is 0 Å². The topological polar surface area (TPSA) is 17.1 Å². The van der Waals surface area contributed by atoms with E-state index in [2.05, 4.69) is 13.8 Å². The van der Waals surface area contributed by atoms with Crippen molar-refractivity contribution in [2.24, 2.45) is 5.41 Å². The largest absolute Gasteiger partial charge is 0.295 e. The van der Waals surface area contributed by atoms with E-state index in [1.165, 1.54) is 0 Å². The zero-order chi connectivity index (χ0) is 8.48. The lowest BCUT2D eigenvalue weighted by Gasteiger charge is -2.30. The Bertz CT molecular complexity index is 199. The second-order valence-corrected chi connectivity index (χ2v) is 4.08. The Kier molecular flexibility index (Phi) is 2.17. The summed E-state index contributed by atoms with van der Waals surface area (Å²) in [5, 5.41) is 0. The lowest BCUT2D eigenvalue weighted by atomic mass is 9.74. The van der Waals surface area contributed by atoms with Gasteiger partial charge in [0.2, 0.25) is 0 Å². The molecule has 0 spiro atoms. The maximum atomic E-state index is 11.2. The highest BCUT2D eigenvalue weighted by Gasteiger charge is 2.28. The number of allylic oxidation sites excluding steroid dienone is 2. The first kappa shape index (κ1) is 8.51. The third kappa shape index (κ3) is 1.92. The second kappa shape index (κ2) is 2.80. The van der Waals surface area contributed by atoms with Crippen molar-refractivity contribution in [3.8, 4) is 0 Å². The van der Waals surface area contributed by atoms with Gasteiger partial charge in [-0.2, -0.15) is 0 Å². The van der Waals surface area contributed by atoms with E-state index in [0.29, 0.717) is 11.2 Å². The van der Waals surface area contributed by atoms with Gasteiger partial charge in [0, 0.05) is 6.42 Å². The van der Waals surface area contributed by atoms with Crippen molar-refractivity contribution in [1.82, 2.24) is 0 Å². The van der Waals surface area contributed by atoms with Crippen LogP contribution in [0.1, 0.15) is 40.0 Å². The first-order chi connectivity index (χ1) is 5.05. The van der Waals surface area contributed by atoms with E-state index in [4.69, 9.17) is 0 Å². The molecule has 1 heteroatoms. The van der Waals surface area contributed by atoms with Crippen molar-refractivity contribution in [3.63, 3.8) is 0 Å². The van der Waals surface area contributed by atoms with Gasteiger partial charge in [0.05, 0.1) is 0 Å². The van der Waals surface area contributed by atoms with E-state index >= 15 is 0 Å². The van der Waals surface area contributed by atoms with E-state index in [-0.39, 0.29) is 0 Å². The molecule has 1 nitrogen and oxygen atoms in total. The number of hydrogen-bond donors (Lipinski definition) is 0. The Morgan fingerprint density at radius 2 is 2.09 bits per heavy atom. The van der Waals surface area contributed by atoms with Crippen LogP contribution in [0.4, 0.5) is 0 Å². The van der Waals surface area contributed by atoms with Gasteiger partial charge in [-0.15, -0.1) is 0 Å². The van der Waals surface area contributed by atoms with Crippen LogP contribution < -0.4 is 0 Å². The quantitative estimate of drug-likeness (QED) is 0.488. The molecule has 0 aromatic heterocycles. The van der Waals surface area contributed by atoms with Gasteiger partial charge in [-0.25, -0.2) is 0 Å². The third-order valence-electron chi connectivity index (χ3n) is 2.40. The maximum absolute atomic E-state index is 11.2. The Balaban J connectivity index is 2.74. The summed E-state index contributed by atoms with van der Waals surface area (Å²) in [6.45, 7) is 6.40. The molecule has 0 unspecified atom stereocenters. The standard InChI is InChI=1S/C10H16O/c1-4-8-7-10(2,3)6-5-9(8)11/h4H,5-7H2,1-3H3. The minimum absolute atomic E-state index is 0.343. The molecule has 1 saturated carbocycles. The van der Waals surface area contributed by atoms with Crippen molar-refractivity contribution in [2.45, 2.75) is 40.0 Å². The molecular formula is C10H16O. The summed E-state index contributed by atoms with van der Waals surface area (Å²) in [5.74, 6) is 0.354. The number of hydrogen-bond acceptors (Lipinski definition) is 1. The summed E-state index contributed by atoms with van der Waals surface area (Å²) in [6, 6.07) is 0. The summed E-state index contributed by atoms with van der Waals surface area (Å²) in [5.41, 5.74) is 1.37. The van der Waals surface area contributed by atoms with Gasteiger partial charge in [0.25, 0.3) is 0 Å². The molecule has 0 heterocycles. The molecule has 0 saturated heterocycles. The molecule has 0 radical (unpaired) electrons. The predicted octanol–water partition coefficient (Wildman–Crippen LogP) is 2.71. The molecule has 0 aromatic rings. The first-order valence-corrected chi connectivity index (χ1v) is 4.23. The highest BCUT2D eigenvalue weighted by molar-refractivity contribution is 5.96. The van der Waals surface area contributed by atoms with Gasteiger partial charge in [-0.1, -0.05) is 19.9 Å². The molecule has 1 fully saturated rings. The van der Waals surface area contributed by atoms with E-state index in [1.807, 2.05) is 13.0 Å². The molecule has 0 bridgehead atoms. The van der Waals surface area contributed by atoms with Crippen molar-refractivity contribution >= 4 is 5.78 Å². The number of carbonyl (C=O) groups excluding carboxylic acids is 1. The predicted molar refractivity (Wildman–Crippen MR) is 46.4 cm³/mol. The summed E-state index contributed by atoms with van der Waals surface area (Å²) < 4.78 is 0. The highest BCUT2D eigenvalue weighted by Crippen LogP contribution is 2.36. The van der Waals surface area contributed by atoms with Crippen LogP contribution in [-0.4, -0.2) is 5.78 Å². The Labute approximate surface area is 68.5 Å². The van der Waals surface area contributed by atoms with Gasteiger partial charge in [0.1, 0.15) is 0 Å². The smallest absolute Gasteiger partial charge is 0.158 e. The van der Waals surface area contributed by atoms with E-state index < -0.39 is 0 Å². The van der Waals surface area contributed by atoms with E-state index in [0.717, 1.165) is 24.8 Å². The summed E-state index contributed by atoms with van der Waals surface area (Å²) in [7, 11) is 0.